The van der Waals surface area contributed by atoms with Crippen LogP contribution < -0.4 is 5.32 Å². The third-order valence-corrected chi connectivity index (χ3v) is 3.78. The van der Waals surface area contributed by atoms with E-state index >= 15 is 0 Å². The number of ether oxygens (including phenoxy) is 2. The van der Waals surface area contributed by atoms with Crippen molar-refractivity contribution in [1.29, 1.82) is 0 Å². The molecule has 0 spiro atoms. The summed E-state index contributed by atoms with van der Waals surface area (Å²) in [6, 6.07) is -0.765. The molecule has 0 aromatic rings. The molecule has 2 fully saturated rings. The van der Waals surface area contributed by atoms with Gasteiger partial charge in [-0.15, -0.1) is 0 Å². The fourth-order valence-corrected chi connectivity index (χ4v) is 3.07. The zero-order chi connectivity index (χ0) is 12.4. The fraction of sp³-hybridized carbons (Fsp3) is 0.818. The molecule has 0 aromatic carbocycles. The lowest BCUT2D eigenvalue weighted by Gasteiger charge is -2.34. The SMILES string of the molecule is COC(=O)C(NC(=O)O)C1C2CCC1COC2. The van der Waals surface area contributed by atoms with Crippen LogP contribution in [-0.2, 0) is 14.3 Å². The molecule has 6 heteroatoms. The molecule has 1 saturated heterocycles. The van der Waals surface area contributed by atoms with E-state index in [0.29, 0.717) is 13.2 Å². The van der Waals surface area contributed by atoms with Gasteiger partial charge in [0.1, 0.15) is 6.04 Å². The van der Waals surface area contributed by atoms with Crippen LogP contribution in [0.5, 0.6) is 0 Å². The molecule has 2 aliphatic rings. The van der Waals surface area contributed by atoms with Crippen molar-refractivity contribution >= 4 is 12.1 Å². The van der Waals surface area contributed by atoms with E-state index in [1.165, 1.54) is 7.11 Å². The molecule has 2 bridgehead atoms. The van der Waals surface area contributed by atoms with Crippen LogP contribution in [0.15, 0.2) is 0 Å². The second-order valence-electron chi connectivity index (χ2n) is 4.66. The first-order chi connectivity index (χ1) is 8.13. The smallest absolute Gasteiger partial charge is 0.405 e. The third kappa shape index (κ3) is 2.36. The van der Waals surface area contributed by atoms with Crippen LogP contribution in [0.25, 0.3) is 0 Å². The van der Waals surface area contributed by atoms with Gasteiger partial charge >= 0.3 is 12.1 Å². The minimum absolute atomic E-state index is 0.00676. The molecule has 3 unspecified atom stereocenters. The minimum atomic E-state index is -1.19. The summed E-state index contributed by atoms with van der Waals surface area (Å²) in [7, 11) is 1.28. The molecule has 2 N–H and O–H groups in total. The van der Waals surface area contributed by atoms with Gasteiger partial charge in [0.25, 0.3) is 0 Å². The minimum Gasteiger partial charge on any atom is -0.467 e. The lowest BCUT2D eigenvalue weighted by atomic mass is 9.82. The summed E-state index contributed by atoms with van der Waals surface area (Å²) >= 11 is 0. The normalized spacial score (nSPS) is 32.9. The monoisotopic (exact) mass is 243 g/mol. The summed E-state index contributed by atoms with van der Waals surface area (Å²) in [5.41, 5.74) is 0. The van der Waals surface area contributed by atoms with Crippen LogP contribution in [0, 0.1) is 17.8 Å². The number of fused-ring (bicyclic) bond motifs is 2. The molecule has 1 amide bonds. The van der Waals surface area contributed by atoms with Gasteiger partial charge < -0.3 is 19.9 Å². The van der Waals surface area contributed by atoms with Crippen molar-refractivity contribution in [1.82, 2.24) is 5.32 Å². The van der Waals surface area contributed by atoms with E-state index in [1.54, 1.807) is 0 Å². The number of esters is 1. The van der Waals surface area contributed by atoms with Gasteiger partial charge in [0.2, 0.25) is 0 Å². The number of amides is 1. The first-order valence-electron chi connectivity index (χ1n) is 5.78. The predicted octanol–water partition coefficient (Wildman–Crippen LogP) is 0.468. The Hall–Kier alpha value is -1.30. The number of rotatable bonds is 3. The molecular weight excluding hydrogens is 226 g/mol. The van der Waals surface area contributed by atoms with Gasteiger partial charge in [-0.3, -0.25) is 0 Å². The van der Waals surface area contributed by atoms with Crippen molar-refractivity contribution < 1.29 is 24.2 Å². The number of carboxylic acid groups (broad SMARTS) is 1. The summed E-state index contributed by atoms with van der Waals surface area (Å²) in [5.74, 6) is 0.0119. The van der Waals surface area contributed by atoms with Gasteiger partial charge in [0, 0.05) is 19.1 Å². The van der Waals surface area contributed by atoms with Gasteiger partial charge in [-0.2, -0.15) is 0 Å². The molecule has 3 atom stereocenters. The number of hydrogen-bond acceptors (Lipinski definition) is 4. The summed E-state index contributed by atoms with van der Waals surface area (Å²) in [4.78, 5) is 22.4. The maximum Gasteiger partial charge on any atom is 0.405 e. The average molecular weight is 243 g/mol. The fourth-order valence-electron chi connectivity index (χ4n) is 3.07. The van der Waals surface area contributed by atoms with Crippen LogP contribution in [0.3, 0.4) is 0 Å². The lowest BCUT2D eigenvalue weighted by Crippen LogP contribution is -2.51. The number of hydrogen-bond donors (Lipinski definition) is 2. The molecule has 17 heavy (non-hydrogen) atoms. The van der Waals surface area contributed by atoms with E-state index in [9.17, 15) is 9.59 Å². The highest BCUT2D eigenvalue weighted by Crippen LogP contribution is 2.43. The number of carbonyl (C=O) groups excluding carboxylic acids is 1. The maximum absolute atomic E-state index is 11.7. The Kier molecular flexibility index (Phi) is 3.51. The Morgan fingerprint density at radius 2 is 1.94 bits per heavy atom. The Morgan fingerprint density at radius 3 is 2.41 bits per heavy atom. The van der Waals surface area contributed by atoms with E-state index in [4.69, 9.17) is 9.84 Å². The molecule has 1 aliphatic heterocycles. The molecular formula is C11H17NO5. The molecule has 96 valence electrons. The van der Waals surface area contributed by atoms with E-state index < -0.39 is 18.1 Å². The Balaban J connectivity index is 2.14. The summed E-state index contributed by atoms with van der Waals surface area (Å²) in [6.45, 7) is 1.21. The Bertz CT molecular complexity index is 303. The number of nitrogens with one attached hydrogen (secondary N) is 1. The third-order valence-electron chi connectivity index (χ3n) is 3.78. The average Bonchev–Trinajstić information content (AvgIpc) is 2.54. The predicted molar refractivity (Wildman–Crippen MR) is 57.5 cm³/mol. The molecule has 0 radical (unpaired) electrons. The molecule has 1 saturated carbocycles. The molecule has 0 aromatic heterocycles. The van der Waals surface area contributed by atoms with Crippen LogP contribution in [0.4, 0.5) is 4.79 Å². The van der Waals surface area contributed by atoms with Gasteiger partial charge in [-0.25, -0.2) is 9.59 Å². The van der Waals surface area contributed by atoms with Crippen molar-refractivity contribution in [3.05, 3.63) is 0 Å². The zero-order valence-electron chi connectivity index (χ0n) is 9.72. The van der Waals surface area contributed by atoms with Crippen molar-refractivity contribution in [2.45, 2.75) is 18.9 Å². The van der Waals surface area contributed by atoms with E-state index in [2.05, 4.69) is 10.1 Å². The van der Waals surface area contributed by atoms with Crippen LogP contribution >= 0.6 is 0 Å². The highest BCUT2D eigenvalue weighted by Gasteiger charge is 2.47. The summed E-state index contributed by atoms with van der Waals surface area (Å²) in [5, 5.41) is 11.1. The van der Waals surface area contributed by atoms with Gasteiger partial charge in [-0.1, -0.05) is 0 Å². The molecule has 1 aliphatic carbocycles. The Labute approximate surface area is 99.3 Å². The first kappa shape index (κ1) is 12.2. The molecule has 6 nitrogen and oxygen atoms in total. The van der Waals surface area contributed by atoms with Gasteiger partial charge in [0.05, 0.1) is 7.11 Å². The van der Waals surface area contributed by atoms with Crippen molar-refractivity contribution in [3.8, 4) is 0 Å². The van der Waals surface area contributed by atoms with E-state index in [1.807, 2.05) is 0 Å². The lowest BCUT2D eigenvalue weighted by molar-refractivity contribution is -0.147. The van der Waals surface area contributed by atoms with Crippen LogP contribution in [0.2, 0.25) is 0 Å². The highest BCUT2D eigenvalue weighted by atomic mass is 16.5. The molecule has 2 rings (SSSR count). The quantitative estimate of drug-likeness (QED) is 0.704. The maximum atomic E-state index is 11.7. The van der Waals surface area contributed by atoms with Crippen LogP contribution in [0.1, 0.15) is 12.8 Å². The largest absolute Gasteiger partial charge is 0.467 e. The second kappa shape index (κ2) is 4.91. The second-order valence-corrected chi connectivity index (χ2v) is 4.66. The zero-order valence-corrected chi connectivity index (χ0v) is 9.72. The summed E-state index contributed by atoms with van der Waals surface area (Å²) in [6.07, 6.45) is 0.792. The molecule has 1 heterocycles. The topological polar surface area (TPSA) is 84.9 Å². The van der Waals surface area contributed by atoms with Crippen LogP contribution in [-0.4, -0.2) is 43.5 Å². The van der Waals surface area contributed by atoms with E-state index in [0.717, 1.165) is 12.8 Å². The van der Waals surface area contributed by atoms with Crippen molar-refractivity contribution in [3.63, 3.8) is 0 Å². The van der Waals surface area contributed by atoms with Crippen molar-refractivity contribution in [2.75, 3.05) is 20.3 Å². The Morgan fingerprint density at radius 1 is 1.35 bits per heavy atom. The highest BCUT2D eigenvalue weighted by molar-refractivity contribution is 5.81. The summed E-state index contributed by atoms with van der Waals surface area (Å²) < 4.78 is 10.1. The standard InChI is InChI=1S/C11H17NO5/c1-16-10(13)9(12-11(14)15)8-6-2-3-7(8)5-17-4-6/h6-9,12H,2-5H2,1H3,(H,14,15). The van der Waals surface area contributed by atoms with Gasteiger partial charge in [-0.05, 0) is 24.7 Å². The van der Waals surface area contributed by atoms with E-state index in [-0.39, 0.29) is 17.8 Å². The number of carbonyl (C=O) groups is 2. The first-order valence-corrected chi connectivity index (χ1v) is 5.78. The van der Waals surface area contributed by atoms with Gasteiger partial charge in [0.15, 0.2) is 0 Å². The number of methoxy groups -OCH3 is 1. The van der Waals surface area contributed by atoms with Crippen molar-refractivity contribution in [2.24, 2.45) is 17.8 Å².